The number of nitriles is 1. The van der Waals surface area contributed by atoms with Gasteiger partial charge in [-0.3, -0.25) is 4.79 Å². The Balaban J connectivity index is 0. The van der Waals surface area contributed by atoms with Crippen LogP contribution in [0, 0.1) is 11.3 Å². The summed E-state index contributed by atoms with van der Waals surface area (Å²) in [6, 6.07) is 1.47. The molecule has 1 N–H and O–H groups in total. The van der Waals surface area contributed by atoms with E-state index in [1.54, 1.807) is 0 Å². The Kier molecular flexibility index (Phi) is 11.3. The normalized spacial score (nSPS) is 5.38. The second kappa shape index (κ2) is 9.20. The lowest BCUT2D eigenvalue weighted by atomic mass is 10.5. The van der Waals surface area contributed by atoms with Gasteiger partial charge in [-0.1, -0.05) is 0 Å². The molecule has 0 saturated carbocycles. The van der Waals surface area contributed by atoms with Crippen molar-refractivity contribution >= 4 is 5.97 Å². The lowest BCUT2D eigenvalue weighted by molar-refractivity contribution is -0.135. The zero-order chi connectivity index (χ0) is 6.99. The van der Waals surface area contributed by atoms with Crippen molar-refractivity contribution in [2.24, 2.45) is 0 Å². The molecule has 0 amide bonds. The fourth-order valence-corrected chi connectivity index (χ4v) is 0.0676. The molecule has 0 aromatic rings. The molecule has 0 aromatic heterocycles. The first-order valence-electron chi connectivity index (χ1n) is 1.86. The molecule has 0 saturated heterocycles. The van der Waals surface area contributed by atoms with Gasteiger partial charge in [0.2, 0.25) is 0 Å². The fourth-order valence-electron chi connectivity index (χ4n) is 0.0676. The highest BCUT2D eigenvalue weighted by molar-refractivity contribution is 5.69. The lowest BCUT2D eigenvalue weighted by Crippen LogP contribution is -1.88. The summed E-state index contributed by atoms with van der Waals surface area (Å²) < 4.78 is 0. The maximum atomic E-state index is 9.38. The SMILES string of the molecule is C=C.N#CCC(=O)O. The number of carboxylic acids is 1. The van der Waals surface area contributed by atoms with Crippen molar-refractivity contribution in [1.82, 2.24) is 0 Å². The molecule has 8 heavy (non-hydrogen) atoms. The molecular formula is C5H7NO2. The molecule has 0 fully saturated rings. The van der Waals surface area contributed by atoms with Crippen LogP contribution in [0.3, 0.4) is 0 Å². The second-order valence-electron chi connectivity index (χ2n) is 0.729. The number of carboxylic acid groups (broad SMARTS) is 1. The Morgan fingerprint density at radius 2 is 2.12 bits per heavy atom. The van der Waals surface area contributed by atoms with Gasteiger partial charge in [0.05, 0.1) is 6.07 Å². The van der Waals surface area contributed by atoms with Gasteiger partial charge >= 0.3 is 5.97 Å². The quantitative estimate of drug-likeness (QED) is 0.511. The van der Waals surface area contributed by atoms with E-state index in [4.69, 9.17) is 10.4 Å². The largest absolute Gasteiger partial charge is 0.480 e. The van der Waals surface area contributed by atoms with E-state index in [0.29, 0.717) is 0 Å². The zero-order valence-corrected chi connectivity index (χ0v) is 4.42. The van der Waals surface area contributed by atoms with Crippen LogP contribution >= 0.6 is 0 Å². The fraction of sp³-hybridized carbons (Fsp3) is 0.200. The van der Waals surface area contributed by atoms with Gasteiger partial charge in [0, 0.05) is 0 Å². The van der Waals surface area contributed by atoms with Crippen LogP contribution in [0.1, 0.15) is 6.42 Å². The number of rotatable bonds is 1. The van der Waals surface area contributed by atoms with Gasteiger partial charge in [0.1, 0.15) is 6.42 Å². The number of carbonyl (C=O) groups is 1. The Bertz CT molecular complexity index is 103. The number of hydrogen-bond acceptors (Lipinski definition) is 2. The molecule has 0 rings (SSSR count). The summed E-state index contributed by atoms with van der Waals surface area (Å²) in [5, 5.41) is 15.3. The zero-order valence-electron chi connectivity index (χ0n) is 4.42. The minimum Gasteiger partial charge on any atom is -0.480 e. The Hall–Kier alpha value is -1.30. The molecule has 44 valence electrons. The van der Waals surface area contributed by atoms with E-state index in [2.05, 4.69) is 13.2 Å². The summed E-state index contributed by atoms with van der Waals surface area (Å²) in [7, 11) is 0. The first-order chi connectivity index (χ1) is 3.77. The van der Waals surface area contributed by atoms with E-state index in [0.717, 1.165) is 0 Å². The van der Waals surface area contributed by atoms with E-state index in [-0.39, 0.29) is 0 Å². The Labute approximate surface area is 47.9 Å². The first kappa shape index (κ1) is 9.85. The molecule has 0 aliphatic rings. The van der Waals surface area contributed by atoms with E-state index in [1.807, 2.05) is 0 Å². The van der Waals surface area contributed by atoms with Gasteiger partial charge in [-0.2, -0.15) is 5.26 Å². The van der Waals surface area contributed by atoms with Gasteiger partial charge in [-0.25, -0.2) is 0 Å². The van der Waals surface area contributed by atoms with E-state index < -0.39 is 12.4 Å². The molecule has 0 unspecified atom stereocenters. The maximum absolute atomic E-state index is 9.38. The predicted octanol–water partition coefficient (Wildman–Crippen LogP) is 0.787. The standard InChI is InChI=1S/C3H3NO2.C2H4/c4-2-1-3(5)6;1-2/h1H2,(H,5,6);1-2H2. The summed E-state index contributed by atoms with van der Waals surface area (Å²) in [6.07, 6.45) is -0.403. The van der Waals surface area contributed by atoms with Crippen LogP contribution in [0.15, 0.2) is 13.2 Å². The van der Waals surface area contributed by atoms with Crippen molar-refractivity contribution in [3.8, 4) is 6.07 Å². The van der Waals surface area contributed by atoms with Crippen molar-refractivity contribution in [3.63, 3.8) is 0 Å². The Morgan fingerprint density at radius 1 is 1.75 bits per heavy atom. The third-order valence-corrected chi connectivity index (χ3v) is 0.230. The van der Waals surface area contributed by atoms with Crippen molar-refractivity contribution in [3.05, 3.63) is 13.2 Å². The van der Waals surface area contributed by atoms with Crippen LogP contribution in [-0.4, -0.2) is 11.1 Å². The Morgan fingerprint density at radius 3 is 2.12 bits per heavy atom. The van der Waals surface area contributed by atoms with Gasteiger partial charge in [0.15, 0.2) is 0 Å². The van der Waals surface area contributed by atoms with Crippen molar-refractivity contribution in [1.29, 1.82) is 5.26 Å². The van der Waals surface area contributed by atoms with Crippen LogP contribution in [0.5, 0.6) is 0 Å². The highest BCUT2D eigenvalue weighted by atomic mass is 16.4. The van der Waals surface area contributed by atoms with Gasteiger partial charge < -0.3 is 5.11 Å². The molecule has 0 bridgehead atoms. The number of aliphatic carboxylic acids is 1. The van der Waals surface area contributed by atoms with Crippen molar-refractivity contribution < 1.29 is 9.90 Å². The molecule has 0 aliphatic heterocycles. The monoisotopic (exact) mass is 113 g/mol. The summed E-state index contributed by atoms with van der Waals surface area (Å²) in [6.45, 7) is 6.00. The first-order valence-corrected chi connectivity index (χ1v) is 1.86. The number of hydrogen-bond donors (Lipinski definition) is 1. The van der Waals surface area contributed by atoms with E-state index >= 15 is 0 Å². The topological polar surface area (TPSA) is 61.1 Å². The third-order valence-electron chi connectivity index (χ3n) is 0.230. The van der Waals surface area contributed by atoms with Gasteiger partial charge in [-0.05, 0) is 0 Å². The molecule has 0 radical (unpaired) electrons. The van der Waals surface area contributed by atoms with Gasteiger partial charge in [-0.15, -0.1) is 13.2 Å². The molecule has 0 aromatic carbocycles. The van der Waals surface area contributed by atoms with E-state index in [9.17, 15) is 4.79 Å². The smallest absolute Gasteiger partial charge is 0.317 e. The predicted molar refractivity (Wildman–Crippen MR) is 29.1 cm³/mol. The summed E-state index contributed by atoms with van der Waals surface area (Å²) >= 11 is 0. The number of nitrogens with zero attached hydrogens (tertiary/aromatic N) is 1. The summed E-state index contributed by atoms with van der Waals surface area (Å²) in [5.41, 5.74) is 0. The molecule has 0 spiro atoms. The second-order valence-corrected chi connectivity index (χ2v) is 0.729. The van der Waals surface area contributed by atoms with Crippen LogP contribution in [-0.2, 0) is 4.79 Å². The lowest BCUT2D eigenvalue weighted by Gasteiger charge is -1.70. The van der Waals surface area contributed by atoms with Crippen LogP contribution in [0.2, 0.25) is 0 Å². The third kappa shape index (κ3) is 22.3. The molecule has 0 aliphatic carbocycles. The molecule has 3 heteroatoms. The molecule has 0 heterocycles. The van der Waals surface area contributed by atoms with Gasteiger partial charge in [0.25, 0.3) is 0 Å². The van der Waals surface area contributed by atoms with Crippen LogP contribution in [0.25, 0.3) is 0 Å². The minimum atomic E-state index is -1.07. The maximum Gasteiger partial charge on any atom is 0.317 e. The average molecular weight is 113 g/mol. The molecule has 3 nitrogen and oxygen atoms in total. The highest BCUT2D eigenvalue weighted by Crippen LogP contribution is 1.68. The van der Waals surface area contributed by atoms with Crippen molar-refractivity contribution in [2.75, 3.05) is 0 Å². The van der Waals surface area contributed by atoms with Crippen LogP contribution < -0.4 is 0 Å². The van der Waals surface area contributed by atoms with Crippen molar-refractivity contribution in [2.45, 2.75) is 6.42 Å². The van der Waals surface area contributed by atoms with Crippen LogP contribution in [0.4, 0.5) is 0 Å². The molecule has 0 atom stereocenters. The average Bonchev–Trinajstić information content (AvgIpc) is 1.72. The minimum absolute atomic E-state index is 0.403. The molecular weight excluding hydrogens is 106 g/mol. The summed E-state index contributed by atoms with van der Waals surface area (Å²) in [4.78, 5) is 9.38. The highest BCUT2D eigenvalue weighted by Gasteiger charge is 1.87. The summed E-state index contributed by atoms with van der Waals surface area (Å²) in [5.74, 6) is -1.07. The van der Waals surface area contributed by atoms with E-state index in [1.165, 1.54) is 6.07 Å².